The molecular weight excluding hydrogens is 354 g/mol. The Bertz CT molecular complexity index is 868. The summed E-state index contributed by atoms with van der Waals surface area (Å²) in [6.45, 7) is 0.571. The van der Waals surface area contributed by atoms with Gasteiger partial charge >= 0.3 is 0 Å². The molecule has 0 spiro atoms. The first-order chi connectivity index (χ1) is 13.6. The lowest BCUT2D eigenvalue weighted by Crippen LogP contribution is -2.38. The Morgan fingerprint density at radius 3 is 2.68 bits per heavy atom. The van der Waals surface area contributed by atoms with Crippen molar-refractivity contribution in [1.29, 1.82) is 0 Å². The zero-order valence-electron chi connectivity index (χ0n) is 17.0. The number of hydrogen-bond acceptors (Lipinski definition) is 4. The number of ether oxygens (including phenoxy) is 2. The van der Waals surface area contributed by atoms with E-state index in [1.807, 2.05) is 28.8 Å². The molecule has 28 heavy (non-hydrogen) atoms. The molecule has 150 valence electrons. The van der Waals surface area contributed by atoms with Crippen LogP contribution in [0.4, 0.5) is 0 Å². The second-order valence-electron chi connectivity index (χ2n) is 7.79. The first kappa shape index (κ1) is 18.8. The number of rotatable bonds is 6. The summed E-state index contributed by atoms with van der Waals surface area (Å²) in [5.41, 5.74) is 4.32. The first-order valence-corrected chi connectivity index (χ1v) is 10.2. The van der Waals surface area contributed by atoms with E-state index in [0.717, 1.165) is 31.4 Å². The quantitative estimate of drug-likeness (QED) is 0.766. The molecule has 0 radical (unpaired) electrons. The molecule has 2 aliphatic rings. The van der Waals surface area contributed by atoms with Crippen LogP contribution in [-0.4, -0.2) is 40.8 Å². The third-order valence-electron chi connectivity index (χ3n) is 6.18. The highest BCUT2D eigenvalue weighted by molar-refractivity contribution is 5.97. The monoisotopic (exact) mass is 383 g/mol. The second-order valence-corrected chi connectivity index (χ2v) is 7.79. The Morgan fingerprint density at radius 2 is 1.96 bits per heavy atom. The van der Waals surface area contributed by atoms with E-state index in [1.54, 1.807) is 20.3 Å². The number of carbonyl (C=O) groups excluding carboxylic acids is 1. The van der Waals surface area contributed by atoms with Gasteiger partial charge in [-0.1, -0.05) is 12.8 Å². The van der Waals surface area contributed by atoms with Crippen molar-refractivity contribution in [2.75, 3.05) is 14.2 Å². The molecule has 1 fully saturated rings. The summed E-state index contributed by atoms with van der Waals surface area (Å²) in [5.74, 6) is 1.26. The van der Waals surface area contributed by atoms with Gasteiger partial charge in [0.15, 0.2) is 0 Å². The molecule has 1 amide bonds. The molecule has 0 N–H and O–H groups in total. The minimum atomic E-state index is 0.0174. The number of methoxy groups -OCH3 is 2. The van der Waals surface area contributed by atoms with Gasteiger partial charge in [-0.3, -0.25) is 9.48 Å². The Kier molecular flexibility index (Phi) is 5.29. The van der Waals surface area contributed by atoms with Crippen LogP contribution in [0.5, 0.6) is 11.5 Å². The number of fused-ring (bicyclic) bond motifs is 1. The predicted octanol–water partition coefficient (Wildman–Crippen LogP) is 3.51. The van der Waals surface area contributed by atoms with Crippen molar-refractivity contribution in [2.45, 2.75) is 57.5 Å². The minimum Gasteiger partial charge on any atom is -0.497 e. The topological polar surface area (TPSA) is 56.6 Å². The zero-order valence-corrected chi connectivity index (χ0v) is 17.0. The van der Waals surface area contributed by atoms with Crippen molar-refractivity contribution in [1.82, 2.24) is 14.7 Å². The van der Waals surface area contributed by atoms with Crippen LogP contribution in [0, 0.1) is 0 Å². The number of hydrogen-bond donors (Lipinski definition) is 0. The largest absolute Gasteiger partial charge is 0.497 e. The molecule has 6 nitrogen and oxygen atoms in total. The van der Waals surface area contributed by atoms with Crippen LogP contribution in [0.15, 0.2) is 18.2 Å². The summed E-state index contributed by atoms with van der Waals surface area (Å²) in [5, 5.41) is 4.76. The highest BCUT2D eigenvalue weighted by Gasteiger charge is 2.32. The van der Waals surface area contributed by atoms with Gasteiger partial charge in [-0.2, -0.15) is 5.10 Å². The van der Waals surface area contributed by atoms with E-state index in [0.29, 0.717) is 23.6 Å². The number of amides is 1. The van der Waals surface area contributed by atoms with Gasteiger partial charge in [-0.15, -0.1) is 0 Å². The summed E-state index contributed by atoms with van der Waals surface area (Å²) >= 11 is 0. The summed E-state index contributed by atoms with van der Waals surface area (Å²) in [7, 11) is 5.22. The Hall–Kier alpha value is -2.50. The van der Waals surface area contributed by atoms with Gasteiger partial charge < -0.3 is 14.4 Å². The van der Waals surface area contributed by atoms with E-state index in [2.05, 4.69) is 0 Å². The summed E-state index contributed by atoms with van der Waals surface area (Å²) in [4.78, 5) is 15.6. The second kappa shape index (κ2) is 7.86. The predicted molar refractivity (Wildman–Crippen MR) is 107 cm³/mol. The van der Waals surface area contributed by atoms with Crippen molar-refractivity contribution in [2.24, 2.45) is 7.05 Å². The van der Waals surface area contributed by atoms with Crippen LogP contribution in [0.25, 0.3) is 0 Å². The molecule has 0 bridgehead atoms. The maximum absolute atomic E-state index is 13.6. The van der Waals surface area contributed by atoms with Crippen molar-refractivity contribution in [3.8, 4) is 11.5 Å². The summed E-state index contributed by atoms with van der Waals surface area (Å²) < 4.78 is 12.8. The fourth-order valence-electron chi connectivity index (χ4n) is 4.70. The molecule has 0 atom stereocenters. The maximum Gasteiger partial charge on any atom is 0.258 e. The maximum atomic E-state index is 13.6. The minimum absolute atomic E-state index is 0.0174. The standard InChI is InChI=1S/C22H29N3O3/c1-24-20-10-6-9-17(20)19(23-24)14-25(15-7-4-5-8-15)22(26)18-12-11-16(27-2)13-21(18)28-3/h11-13,15H,4-10,14H2,1-3H3. The highest BCUT2D eigenvalue weighted by atomic mass is 16.5. The summed E-state index contributed by atoms with van der Waals surface area (Å²) in [6, 6.07) is 5.67. The van der Waals surface area contributed by atoms with E-state index in [4.69, 9.17) is 14.6 Å². The third kappa shape index (κ3) is 3.36. The lowest BCUT2D eigenvalue weighted by Gasteiger charge is -2.29. The van der Waals surface area contributed by atoms with Gasteiger partial charge in [0, 0.05) is 24.8 Å². The van der Waals surface area contributed by atoms with Crippen molar-refractivity contribution >= 4 is 5.91 Å². The molecule has 6 heteroatoms. The fourth-order valence-corrected chi connectivity index (χ4v) is 4.70. The zero-order chi connectivity index (χ0) is 19.7. The van der Waals surface area contributed by atoms with E-state index >= 15 is 0 Å². The van der Waals surface area contributed by atoms with Gasteiger partial charge in [0.2, 0.25) is 0 Å². The average Bonchev–Trinajstić information content (AvgIpc) is 3.45. The molecular formula is C22H29N3O3. The lowest BCUT2D eigenvalue weighted by molar-refractivity contribution is 0.0657. The van der Waals surface area contributed by atoms with E-state index in [-0.39, 0.29) is 11.9 Å². The Labute approximate surface area is 166 Å². The third-order valence-corrected chi connectivity index (χ3v) is 6.18. The van der Waals surface area contributed by atoms with Gasteiger partial charge in [0.25, 0.3) is 5.91 Å². The Morgan fingerprint density at radius 1 is 1.18 bits per heavy atom. The molecule has 2 aliphatic carbocycles. The van der Waals surface area contributed by atoms with Crippen LogP contribution in [-0.2, 0) is 26.4 Å². The molecule has 0 unspecified atom stereocenters. The van der Waals surface area contributed by atoms with Crippen molar-refractivity contribution in [3.63, 3.8) is 0 Å². The van der Waals surface area contributed by atoms with Crippen LogP contribution >= 0.6 is 0 Å². The number of aromatic nitrogens is 2. The molecule has 2 aromatic rings. The number of benzene rings is 1. The van der Waals surface area contributed by atoms with Crippen molar-refractivity contribution in [3.05, 3.63) is 40.7 Å². The normalized spacial score (nSPS) is 16.2. The Balaban J connectivity index is 1.67. The number of carbonyl (C=O) groups is 1. The van der Waals surface area contributed by atoms with Gasteiger partial charge in [0.05, 0.1) is 32.0 Å². The average molecular weight is 383 g/mol. The molecule has 4 rings (SSSR count). The van der Waals surface area contributed by atoms with Crippen LogP contribution in [0.2, 0.25) is 0 Å². The van der Waals surface area contributed by atoms with Gasteiger partial charge in [-0.25, -0.2) is 0 Å². The van der Waals surface area contributed by atoms with E-state index in [9.17, 15) is 4.79 Å². The van der Waals surface area contributed by atoms with Crippen LogP contribution in [0.3, 0.4) is 0 Å². The van der Waals surface area contributed by atoms with Crippen LogP contribution < -0.4 is 9.47 Å². The van der Waals surface area contributed by atoms with Gasteiger partial charge in [-0.05, 0) is 49.8 Å². The van der Waals surface area contributed by atoms with E-state index in [1.165, 1.54) is 30.5 Å². The first-order valence-electron chi connectivity index (χ1n) is 10.2. The SMILES string of the molecule is COc1ccc(C(=O)N(Cc2nn(C)c3c2CCC3)C2CCCC2)c(OC)c1. The highest BCUT2D eigenvalue weighted by Crippen LogP contribution is 2.32. The molecule has 1 saturated carbocycles. The van der Waals surface area contributed by atoms with Gasteiger partial charge in [0.1, 0.15) is 11.5 Å². The molecule has 1 heterocycles. The molecule has 1 aromatic heterocycles. The molecule has 0 saturated heterocycles. The molecule has 0 aliphatic heterocycles. The molecule has 1 aromatic carbocycles. The fraction of sp³-hybridized carbons (Fsp3) is 0.545. The van der Waals surface area contributed by atoms with Crippen molar-refractivity contribution < 1.29 is 14.3 Å². The number of nitrogens with zero attached hydrogens (tertiary/aromatic N) is 3. The summed E-state index contributed by atoms with van der Waals surface area (Å²) in [6.07, 6.45) is 7.79. The van der Waals surface area contributed by atoms with Crippen LogP contribution in [0.1, 0.15) is 59.4 Å². The van der Waals surface area contributed by atoms with E-state index < -0.39 is 0 Å². The number of aryl methyl sites for hydroxylation is 1. The smallest absolute Gasteiger partial charge is 0.258 e. The lowest BCUT2D eigenvalue weighted by atomic mass is 10.1.